The number of Topliss-reactive ketones (excluding diaryl/α,β-unsaturated/α-hetero) is 1. The number of ether oxygens (including phenoxy) is 2. The summed E-state index contributed by atoms with van der Waals surface area (Å²) >= 11 is 0. The molecular weight excluding hydrogens is 386 g/mol. The molecule has 30 heavy (non-hydrogen) atoms. The van der Waals surface area contributed by atoms with Crippen molar-refractivity contribution in [2.24, 2.45) is 0 Å². The lowest BCUT2D eigenvalue weighted by molar-refractivity contribution is -0.123. The van der Waals surface area contributed by atoms with Gasteiger partial charge in [0.2, 0.25) is 5.76 Å². The number of nitrogens with one attached hydrogen (secondary N) is 1. The Morgan fingerprint density at radius 2 is 1.77 bits per heavy atom. The van der Waals surface area contributed by atoms with Crippen LogP contribution in [0, 0.1) is 0 Å². The van der Waals surface area contributed by atoms with Gasteiger partial charge in [-0.05, 0) is 39.0 Å². The molecule has 0 spiro atoms. The number of carbonyl (C=O) groups excluding carboxylic acids is 3. The topological polar surface area (TPSA) is 94.8 Å². The Kier molecular flexibility index (Phi) is 6.64. The van der Waals surface area contributed by atoms with Gasteiger partial charge in [0, 0.05) is 23.1 Å². The summed E-state index contributed by atoms with van der Waals surface area (Å²) in [6, 6.07) is 13.9. The fourth-order valence-corrected chi connectivity index (χ4v) is 3.01. The molecule has 0 fully saturated rings. The molecule has 0 aliphatic rings. The van der Waals surface area contributed by atoms with Crippen molar-refractivity contribution in [3.63, 3.8) is 0 Å². The van der Waals surface area contributed by atoms with Crippen molar-refractivity contribution >= 4 is 34.3 Å². The first kappa shape index (κ1) is 21.3. The zero-order chi connectivity index (χ0) is 21.7. The molecule has 1 heterocycles. The summed E-state index contributed by atoms with van der Waals surface area (Å²) in [6.45, 7) is 5.38. The van der Waals surface area contributed by atoms with E-state index < -0.39 is 18.0 Å². The fraction of sp³-hybridized carbons (Fsp3) is 0.261. The van der Waals surface area contributed by atoms with Gasteiger partial charge < -0.3 is 19.2 Å². The smallest absolute Gasteiger partial charge is 0.375 e. The zero-order valence-electron chi connectivity index (χ0n) is 17.1. The minimum atomic E-state index is -1.11. The lowest BCUT2D eigenvalue weighted by atomic mass is 10.1. The number of amides is 1. The van der Waals surface area contributed by atoms with Crippen LogP contribution in [0.5, 0.6) is 0 Å². The Labute approximate surface area is 174 Å². The van der Waals surface area contributed by atoms with E-state index in [1.54, 1.807) is 36.4 Å². The van der Waals surface area contributed by atoms with Crippen LogP contribution in [0.15, 0.2) is 52.9 Å². The molecule has 0 aliphatic heterocycles. The SMILES string of the molecule is CCOCc1c(C(=O)O[C@H](C)C(=O)Nc2ccccc2C(C)=O)oc2ccccc12. The van der Waals surface area contributed by atoms with Crippen molar-refractivity contribution in [1.82, 2.24) is 0 Å². The van der Waals surface area contributed by atoms with Crippen molar-refractivity contribution in [3.8, 4) is 0 Å². The maximum atomic E-state index is 12.7. The molecule has 3 rings (SSSR count). The number of carbonyl (C=O) groups is 3. The molecule has 0 saturated carbocycles. The lowest BCUT2D eigenvalue weighted by Gasteiger charge is -2.14. The lowest BCUT2D eigenvalue weighted by Crippen LogP contribution is -2.30. The molecule has 1 aromatic heterocycles. The predicted molar refractivity (Wildman–Crippen MR) is 111 cm³/mol. The number of ketones is 1. The summed E-state index contributed by atoms with van der Waals surface area (Å²) < 4.78 is 16.5. The van der Waals surface area contributed by atoms with Crippen molar-refractivity contribution in [2.45, 2.75) is 33.5 Å². The monoisotopic (exact) mass is 409 g/mol. The predicted octanol–water partition coefficient (Wildman–Crippen LogP) is 4.36. The Morgan fingerprint density at radius 3 is 2.50 bits per heavy atom. The van der Waals surface area contributed by atoms with Crippen molar-refractivity contribution < 1.29 is 28.3 Å². The second kappa shape index (κ2) is 9.37. The van der Waals surface area contributed by atoms with Crippen LogP contribution in [0.1, 0.15) is 47.2 Å². The Bertz CT molecular complexity index is 1080. The van der Waals surface area contributed by atoms with E-state index in [0.29, 0.717) is 29.0 Å². The summed E-state index contributed by atoms with van der Waals surface area (Å²) in [6.07, 6.45) is -1.11. The van der Waals surface area contributed by atoms with Gasteiger partial charge in [0.1, 0.15) is 5.58 Å². The van der Waals surface area contributed by atoms with Gasteiger partial charge >= 0.3 is 5.97 Å². The highest BCUT2D eigenvalue weighted by Crippen LogP contribution is 2.27. The highest BCUT2D eigenvalue weighted by molar-refractivity contribution is 6.05. The Hall–Kier alpha value is -3.45. The third kappa shape index (κ3) is 4.58. The minimum absolute atomic E-state index is 0.00781. The molecule has 3 aromatic rings. The van der Waals surface area contributed by atoms with Crippen LogP contribution in [0.2, 0.25) is 0 Å². The highest BCUT2D eigenvalue weighted by atomic mass is 16.6. The van der Waals surface area contributed by atoms with Gasteiger partial charge in [-0.1, -0.05) is 30.3 Å². The molecule has 1 amide bonds. The highest BCUT2D eigenvalue weighted by Gasteiger charge is 2.26. The summed E-state index contributed by atoms with van der Waals surface area (Å²) in [4.78, 5) is 37.0. The Morgan fingerprint density at radius 1 is 1.07 bits per heavy atom. The van der Waals surface area contributed by atoms with Crippen LogP contribution in [0.25, 0.3) is 11.0 Å². The van der Waals surface area contributed by atoms with Crippen LogP contribution in [0.3, 0.4) is 0 Å². The van der Waals surface area contributed by atoms with Crippen molar-refractivity contribution in [3.05, 3.63) is 65.4 Å². The molecule has 0 aliphatic carbocycles. The molecule has 2 aromatic carbocycles. The summed E-state index contributed by atoms with van der Waals surface area (Å²) in [5.41, 5.74) is 1.85. The number of fused-ring (bicyclic) bond motifs is 1. The van der Waals surface area contributed by atoms with Crippen LogP contribution in [0.4, 0.5) is 5.69 Å². The van der Waals surface area contributed by atoms with E-state index >= 15 is 0 Å². The normalized spacial score (nSPS) is 11.8. The van der Waals surface area contributed by atoms with E-state index in [-0.39, 0.29) is 18.2 Å². The van der Waals surface area contributed by atoms with E-state index in [1.807, 2.05) is 19.1 Å². The number of anilines is 1. The molecule has 0 saturated heterocycles. The second-order valence-electron chi connectivity index (χ2n) is 6.68. The molecule has 7 heteroatoms. The zero-order valence-corrected chi connectivity index (χ0v) is 17.1. The van der Waals surface area contributed by atoms with Crippen LogP contribution in [-0.4, -0.2) is 30.4 Å². The molecule has 0 bridgehead atoms. The Balaban J connectivity index is 1.77. The third-order valence-corrected chi connectivity index (χ3v) is 4.55. The van der Waals surface area contributed by atoms with Crippen LogP contribution >= 0.6 is 0 Å². The third-order valence-electron chi connectivity index (χ3n) is 4.55. The average molecular weight is 409 g/mol. The average Bonchev–Trinajstić information content (AvgIpc) is 3.11. The number of rotatable bonds is 8. The van der Waals surface area contributed by atoms with E-state index in [0.717, 1.165) is 5.39 Å². The number of esters is 1. The number of para-hydroxylation sites is 2. The van der Waals surface area contributed by atoms with Crippen molar-refractivity contribution in [2.75, 3.05) is 11.9 Å². The molecule has 1 atom stereocenters. The first-order valence-corrected chi connectivity index (χ1v) is 9.62. The van der Waals surface area contributed by atoms with Gasteiger partial charge in [0.15, 0.2) is 11.9 Å². The molecular formula is C23H23NO6. The first-order chi connectivity index (χ1) is 14.4. The minimum Gasteiger partial charge on any atom is -0.449 e. The maximum absolute atomic E-state index is 12.7. The van der Waals surface area contributed by atoms with Gasteiger partial charge in [-0.15, -0.1) is 0 Å². The second-order valence-corrected chi connectivity index (χ2v) is 6.68. The summed E-state index contributed by atoms with van der Waals surface area (Å²) in [7, 11) is 0. The van der Waals surface area contributed by atoms with E-state index in [9.17, 15) is 14.4 Å². The maximum Gasteiger partial charge on any atom is 0.375 e. The number of furan rings is 1. The number of hydrogen-bond acceptors (Lipinski definition) is 6. The molecule has 0 radical (unpaired) electrons. The first-order valence-electron chi connectivity index (χ1n) is 9.62. The van der Waals surface area contributed by atoms with Crippen LogP contribution < -0.4 is 5.32 Å². The summed E-state index contributed by atoms with van der Waals surface area (Å²) in [5.74, 6) is -1.49. The fourth-order valence-electron chi connectivity index (χ4n) is 3.01. The van der Waals surface area contributed by atoms with E-state index in [4.69, 9.17) is 13.9 Å². The number of hydrogen-bond donors (Lipinski definition) is 1. The standard InChI is InChI=1S/C23H23NO6/c1-4-28-13-18-17-10-6-8-12-20(17)30-21(18)23(27)29-15(3)22(26)24-19-11-7-5-9-16(19)14(2)25/h5-12,15H,4,13H2,1-3H3,(H,24,26)/t15-/m1/s1. The van der Waals surface area contributed by atoms with Gasteiger partial charge in [-0.25, -0.2) is 4.79 Å². The molecule has 1 N–H and O–H groups in total. The molecule has 0 unspecified atom stereocenters. The quantitative estimate of drug-likeness (QED) is 0.439. The van der Waals surface area contributed by atoms with Gasteiger partial charge in [0.05, 0.1) is 12.3 Å². The van der Waals surface area contributed by atoms with Gasteiger partial charge in [0.25, 0.3) is 5.91 Å². The van der Waals surface area contributed by atoms with E-state index in [2.05, 4.69) is 5.32 Å². The van der Waals surface area contributed by atoms with Gasteiger partial charge in [-0.2, -0.15) is 0 Å². The van der Waals surface area contributed by atoms with Crippen LogP contribution in [-0.2, 0) is 20.9 Å². The van der Waals surface area contributed by atoms with E-state index in [1.165, 1.54) is 13.8 Å². The van der Waals surface area contributed by atoms with Gasteiger partial charge in [-0.3, -0.25) is 9.59 Å². The van der Waals surface area contributed by atoms with Crippen molar-refractivity contribution in [1.29, 1.82) is 0 Å². The number of benzene rings is 2. The molecule has 156 valence electrons. The largest absolute Gasteiger partial charge is 0.449 e. The summed E-state index contributed by atoms with van der Waals surface area (Å²) in [5, 5.41) is 3.39. The molecule has 7 nitrogen and oxygen atoms in total.